The second-order valence-electron chi connectivity index (χ2n) is 10.3. The fraction of sp³-hybridized carbons (Fsp3) is 0.483. The Hall–Kier alpha value is -2.84. The molecule has 7 nitrogen and oxygen atoms in total. The van der Waals surface area contributed by atoms with Crippen molar-refractivity contribution in [2.75, 3.05) is 18.5 Å². The maximum absolute atomic E-state index is 14.2. The molecule has 2 aromatic rings. The molecule has 0 aromatic heterocycles. The molecule has 3 heterocycles. The van der Waals surface area contributed by atoms with Crippen LogP contribution in [0.4, 0.5) is 5.69 Å². The number of nitrogens with one attached hydrogen (secondary N) is 2. The smallest absolute Gasteiger partial charge is 0.244 e. The van der Waals surface area contributed by atoms with Crippen LogP contribution >= 0.6 is 11.8 Å². The van der Waals surface area contributed by atoms with Crippen molar-refractivity contribution in [2.45, 2.75) is 61.1 Å². The van der Waals surface area contributed by atoms with Crippen molar-refractivity contribution in [1.29, 1.82) is 0 Å². The number of likely N-dealkylation sites (tertiary alicyclic amines) is 1. The third kappa shape index (κ3) is 4.66. The summed E-state index contributed by atoms with van der Waals surface area (Å²) in [5, 5.41) is 16.5. The second-order valence-corrected chi connectivity index (χ2v) is 11.9. The number of nitrogens with zero attached hydrogens (tertiary/aromatic N) is 1. The molecule has 196 valence electrons. The number of anilines is 1. The Labute approximate surface area is 222 Å². The molecule has 0 saturated carbocycles. The lowest BCUT2D eigenvalue weighted by molar-refractivity contribution is -0.142. The summed E-state index contributed by atoms with van der Waals surface area (Å²) in [6, 6.07) is 17.7. The highest BCUT2D eigenvalue weighted by Gasteiger charge is 2.74. The number of hydrogen-bond acceptors (Lipinski definition) is 5. The van der Waals surface area contributed by atoms with Gasteiger partial charge in [-0.2, -0.15) is 0 Å². The number of benzene rings is 2. The van der Waals surface area contributed by atoms with E-state index in [-0.39, 0.29) is 29.6 Å². The van der Waals surface area contributed by atoms with E-state index in [2.05, 4.69) is 17.6 Å². The van der Waals surface area contributed by atoms with Crippen LogP contribution in [0.3, 0.4) is 0 Å². The van der Waals surface area contributed by atoms with Crippen molar-refractivity contribution in [1.82, 2.24) is 10.2 Å². The number of unbranched alkanes of at least 4 members (excludes halogenated alkanes) is 1. The Morgan fingerprint density at radius 3 is 2.49 bits per heavy atom. The van der Waals surface area contributed by atoms with Crippen molar-refractivity contribution in [2.24, 2.45) is 11.8 Å². The molecule has 1 spiro atoms. The minimum atomic E-state index is -0.716. The van der Waals surface area contributed by atoms with Crippen molar-refractivity contribution in [3.8, 4) is 0 Å². The zero-order valence-corrected chi connectivity index (χ0v) is 22.0. The molecule has 2 bridgehead atoms. The fourth-order valence-electron chi connectivity index (χ4n) is 6.45. The number of carbonyl (C=O) groups excluding carboxylic acids is 3. The molecular weight excluding hydrogens is 486 g/mol. The quantitative estimate of drug-likeness (QED) is 0.417. The summed E-state index contributed by atoms with van der Waals surface area (Å²) in [6.07, 6.45) is 3.75. The molecule has 3 N–H and O–H groups in total. The van der Waals surface area contributed by atoms with E-state index in [1.165, 1.54) is 0 Å². The highest BCUT2D eigenvalue weighted by Crippen LogP contribution is 2.66. The van der Waals surface area contributed by atoms with Crippen LogP contribution < -0.4 is 10.6 Å². The van der Waals surface area contributed by atoms with Crippen molar-refractivity contribution in [3.05, 3.63) is 66.2 Å². The SMILES string of the molecule is CCCCNC(=O)C1N([C@@H](CO)Cc2ccccc2)C(=O)[C@@H]2[C@H](C(=O)Nc3ccccc3)[C@@H]3CCC12S3. The zero-order chi connectivity index (χ0) is 26.0. The molecule has 0 radical (unpaired) electrons. The Morgan fingerprint density at radius 1 is 1.11 bits per heavy atom. The lowest BCUT2D eigenvalue weighted by Gasteiger charge is -2.37. The van der Waals surface area contributed by atoms with Crippen molar-refractivity contribution in [3.63, 3.8) is 0 Å². The average Bonchev–Trinajstić information content (AvgIpc) is 3.56. The van der Waals surface area contributed by atoms with Crippen LogP contribution in [0.2, 0.25) is 0 Å². The normalized spacial score (nSPS) is 28.7. The number of rotatable bonds is 10. The first-order chi connectivity index (χ1) is 18.0. The minimum absolute atomic E-state index is 0.00699. The molecule has 0 aliphatic carbocycles. The van der Waals surface area contributed by atoms with E-state index >= 15 is 0 Å². The summed E-state index contributed by atoms with van der Waals surface area (Å²) in [7, 11) is 0. The minimum Gasteiger partial charge on any atom is -0.394 e. The van der Waals surface area contributed by atoms with Gasteiger partial charge in [-0.05, 0) is 43.4 Å². The van der Waals surface area contributed by atoms with Gasteiger partial charge >= 0.3 is 0 Å². The molecule has 3 aliphatic heterocycles. The lowest BCUT2D eigenvalue weighted by atomic mass is 9.70. The molecule has 5 rings (SSSR count). The number of amides is 3. The van der Waals surface area contributed by atoms with Crippen LogP contribution in [-0.4, -0.2) is 63.0 Å². The standard InChI is InChI=1S/C29H35N3O4S/c1-2-3-16-30-27(35)25-29-15-14-22(37-29)23(26(34)31-20-12-8-5-9-13-20)24(29)28(36)32(25)21(18-33)17-19-10-6-4-7-11-19/h4-13,21-25,33H,2-3,14-18H2,1H3,(H,30,35)(H,31,34)/t21-,22+,23-,24+,25?,29?/m1/s1. The van der Waals surface area contributed by atoms with E-state index in [4.69, 9.17) is 0 Å². The molecule has 37 heavy (non-hydrogen) atoms. The molecule has 3 aliphatic rings. The van der Waals surface area contributed by atoms with E-state index in [1.54, 1.807) is 16.7 Å². The van der Waals surface area contributed by atoms with E-state index in [0.717, 1.165) is 24.8 Å². The van der Waals surface area contributed by atoms with E-state index in [9.17, 15) is 19.5 Å². The fourth-order valence-corrected chi connectivity index (χ4v) is 8.66. The van der Waals surface area contributed by atoms with Gasteiger partial charge in [-0.3, -0.25) is 14.4 Å². The van der Waals surface area contributed by atoms with Crippen LogP contribution in [0.1, 0.15) is 38.2 Å². The number of aliphatic hydroxyl groups is 1. The van der Waals surface area contributed by atoms with Gasteiger partial charge in [0.05, 0.1) is 29.2 Å². The summed E-state index contributed by atoms with van der Waals surface area (Å²) in [5.41, 5.74) is 1.69. The maximum atomic E-state index is 14.2. The monoisotopic (exact) mass is 521 g/mol. The van der Waals surface area contributed by atoms with Crippen LogP contribution in [-0.2, 0) is 20.8 Å². The van der Waals surface area contributed by atoms with Gasteiger partial charge in [-0.25, -0.2) is 0 Å². The van der Waals surface area contributed by atoms with Gasteiger partial charge < -0.3 is 20.6 Å². The largest absolute Gasteiger partial charge is 0.394 e. The van der Waals surface area contributed by atoms with Crippen LogP contribution in [0.5, 0.6) is 0 Å². The number of aliphatic hydroxyl groups excluding tert-OH is 1. The Morgan fingerprint density at radius 2 is 1.81 bits per heavy atom. The van der Waals surface area contributed by atoms with Gasteiger partial charge in [0.15, 0.2) is 0 Å². The summed E-state index contributed by atoms with van der Waals surface area (Å²) in [4.78, 5) is 43.2. The van der Waals surface area contributed by atoms with E-state index in [1.807, 2.05) is 60.7 Å². The first kappa shape index (κ1) is 25.8. The summed E-state index contributed by atoms with van der Waals surface area (Å²) in [5.74, 6) is -1.63. The Balaban J connectivity index is 1.48. The topological polar surface area (TPSA) is 98.7 Å². The van der Waals surface area contributed by atoms with Crippen molar-refractivity contribution < 1.29 is 19.5 Å². The number of thioether (sulfide) groups is 1. The average molecular weight is 522 g/mol. The third-order valence-electron chi connectivity index (χ3n) is 8.08. The lowest BCUT2D eigenvalue weighted by Crippen LogP contribution is -2.57. The molecule has 2 aromatic carbocycles. The molecule has 3 fully saturated rings. The van der Waals surface area contributed by atoms with Crippen LogP contribution in [0, 0.1) is 11.8 Å². The summed E-state index contributed by atoms with van der Waals surface area (Å²) in [6.45, 7) is 2.36. The van der Waals surface area contributed by atoms with Gasteiger partial charge in [-0.15, -0.1) is 11.8 Å². The Bertz CT molecular complexity index is 1130. The first-order valence-electron chi connectivity index (χ1n) is 13.3. The number of hydrogen-bond donors (Lipinski definition) is 3. The van der Waals surface area contributed by atoms with E-state index in [0.29, 0.717) is 25.1 Å². The van der Waals surface area contributed by atoms with Gasteiger partial charge in [0.2, 0.25) is 17.7 Å². The predicted molar refractivity (Wildman–Crippen MR) is 145 cm³/mol. The number of para-hydroxylation sites is 1. The summed E-state index contributed by atoms with van der Waals surface area (Å²) < 4.78 is -0.666. The molecule has 6 atom stereocenters. The van der Waals surface area contributed by atoms with Gasteiger partial charge in [0.25, 0.3) is 0 Å². The van der Waals surface area contributed by atoms with Crippen LogP contribution in [0.25, 0.3) is 0 Å². The highest BCUT2D eigenvalue weighted by molar-refractivity contribution is 8.02. The summed E-state index contributed by atoms with van der Waals surface area (Å²) >= 11 is 1.65. The number of carbonyl (C=O) groups is 3. The van der Waals surface area contributed by atoms with E-state index < -0.39 is 28.7 Å². The molecule has 3 amide bonds. The van der Waals surface area contributed by atoms with Gasteiger partial charge in [0, 0.05) is 17.5 Å². The van der Waals surface area contributed by atoms with Crippen molar-refractivity contribution >= 4 is 35.2 Å². The molecule has 2 unspecified atom stereocenters. The predicted octanol–water partition coefficient (Wildman–Crippen LogP) is 3.24. The second kappa shape index (κ2) is 10.9. The highest BCUT2D eigenvalue weighted by atomic mass is 32.2. The van der Waals surface area contributed by atoms with Crippen LogP contribution in [0.15, 0.2) is 60.7 Å². The molecule has 3 saturated heterocycles. The number of fused-ring (bicyclic) bond motifs is 1. The van der Waals surface area contributed by atoms with Gasteiger partial charge in [-0.1, -0.05) is 61.9 Å². The maximum Gasteiger partial charge on any atom is 0.244 e. The first-order valence-corrected chi connectivity index (χ1v) is 14.2. The van der Waals surface area contributed by atoms with Gasteiger partial charge in [0.1, 0.15) is 6.04 Å². The molecule has 8 heteroatoms. The third-order valence-corrected chi connectivity index (χ3v) is 10.0. The molecular formula is C29H35N3O4S. The zero-order valence-electron chi connectivity index (χ0n) is 21.1. The Kier molecular flexibility index (Phi) is 7.58.